The van der Waals surface area contributed by atoms with E-state index in [0.717, 1.165) is 24.5 Å². The lowest BCUT2D eigenvalue weighted by Gasteiger charge is -2.38. The highest BCUT2D eigenvalue weighted by molar-refractivity contribution is 6.04. The summed E-state index contributed by atoms with van der Waals surface area (Å²) in [5.74, 6) is 0.449. The number of anilines is 3. The molecule has 3 aromatic rings. The number of benzene rings is 2. The first-order valence-electron chi connectivity index (χ1n) is 11.0. The summed E-state index contributed by atoms with van der Waals surface area (Å²) < 4.78 is 0. The summed E-state index contributed by atoms with van der Waals surface area (Å²) in [4.78, 5) is 29.2. The van der Waals surface area contributed by atoms with Crippen LogP contribution in [0.5, 0.6) is 0 Å². The zero-order valence-electron chi connectivity index (χ0n) is 18.9. The molecule has 0 aliphatic carbocycles. The van der Waals surface area contributed by atoms with Gasteiger partial charge in [-0.25, -0.2) is 0 Å². The van der Waals surface area contributed by atoms with Crippen molar-refractivity contribution in [2.45, 2.75) is 6.42 Å². The van der Waals surface area contributed by atoms with Gasteiger partial charge < -0.3 is 20.4 Å². The van der Waals surface area contributed by atoms with Crippen LogP contribution in [0.2, 0.25) is 0 Å². The molecule has 170 valence electrons. The highest BCUT2D eigenvalue weighted by atomic mass is 16.2. The standard InChI is InChI=1S/C25H28N6O2/c1-30(2)15-13-18-5-9-21(10-6-18)27-24(32)19-7-11-22(12-8-19)28-25(33)20-16-31(17-20)23-4-3-14-26-29-23/h3-12,14,20H,13,15-17H2,1-2H3,(H,27,32)(H,28,33). The molecule has 0 saturated carbocycles. The van der Waals surface area contributed by atoms with Crippen molar-refractivity contribution in [3.8, 4) is 0 Å². The molecule has 1 aliphatic heterocycles. The van der Waals surface area contributed by atoms with Crippen molar-refractivity contribution < 1.29 is 9.59 Å². The smallest absolute Gasteiger partial charge is 0.255 e. The molecular formula is C25H28N6O2. The van der Waals surface area contributed by atoms with Crippen molar-refractivity contribution in [1.82, 2.24) is 15.1 Å². The van der Waals surface area contributed by atoms with E-state index in [9.17, 15) is 9.59 Å². The van der Waals surface area contributed by atoms with Crippen LogP contribution in [0.3, 0.4) is 0 Å². The van der Waals surface area contributed by atoms with Gasteiger partial charge in [-0.05, 0) is 74.6 Å². The zero-order valence-corrected chi connectivity index (χ0v) is 18.9. The van der Waals surface area contributed by atoms with E-state index < -0.39 is 0 Å². The van der Waals surface area contributed by atoms with Crippen LogP contribution in [0.4, 0.5) is 17.2 Å². The Morgan fingerprint density at radius 1 is 0.970 bits per heavy atom. The Labute approximate surface area is 193 Å². The largest absolute Gasteiger partial charge is 0.353 e. The number of nitrogens with zero attached hydrogens (tertiary/aromatic N) is 4. The second kappa shape index (κ2) is 10.2. The third kappa shape index (κ3) is 5.93. The van der Waals surface area contributed by atoms with Crippen LogP contribution in [0.1, 0.15) is 15.9 Å². The maximum absolute atomic E-state index is 12.6. The number of amides is 2. The van der Waals surface area contributed by atoms with Gasteiger partial charge >= 0.3 is 0 Å². The number of aromatic nitrogens is 2. The van der Waals surface area contributed by atoms with Crippen LogP contribution in [-0.2, 0) is 11.2 Å². The van der Waals surface area contributed by atoms with Gasteiger partial charge in [0.25, 0.3) is 5.91 Å². The summed E-state index contributed by atoms with van der Waals surface area (Å²) in [6, 6.07) is 18.5. The summed E-state index contributed by atoms with van der Waals surface area (Å²) in [7, 11) is 4.10. The molecule has 1 aromatic heterocycles. The first-order chi connectivity index (χ1) is 16.0. The minimum atomic E-state index is -0.187. The maximum Gasteiger partial charge on any atom is 0.255 e. The van der Waals surface area contributed by atoms with E-state index in [1.54, 1.807) is 30.5 Å². The summed E-state index contributed by atoms with van der Waals surface area (Å²) in [5, 5.41) is 13.8. The first kappa shape index (κ1) is 22.4. The zero-order chi connectivity index (χ0) is 23.2. The summed E-state index contributed by atoms with van der Waals surface area (Å²) in [5.41, 5.74) is 3.18. The van der Waals surface area contributed by atoms with Crippen LogP contribution in [0.15, 0.2) is 66.9 Å². The lowest BCUT2D eigenvalue weighted by Crippen LogP contribution is -2.52. The quantitative estimate of drug-likeness (QED) is 0.555. The van der Waals surface area contributed by atoms with E-state index in [0.29, 0.717) is 24.3 Å². The van der Waals surface area contributed by atoms with E-state index in [1.165, 1.54) is 5.56 Å². The molecule has 0 bridgehead atoms. The Hall–Kier alpha value is -3.78. The molecule has 2 N–H and O–H groups in total. The minimum Gasteiger partial charge on any atom is -0.353 e. The van der Waals surface area contributed by atoms with E-state index in [1.807, 2.05) is 55.4 Å². The number of rotatable bonds is 8. The predicted octanol–water partition coefficient (Wildman–Crippen LogP) is 2.91. The fraction of sp³-hybridized carbons (Fsp3) is 0.280. The molecule has 0 spiro atoms. The second-order valence-corrected chi connectivity index (χ2v) is 8.45. The van der Waals surface area contributed by atoms with Crippen molar-refractivity contribution >= 4 is 29.0 Å². The molecule has 4 rings (SSSR count). The fourth-order valence-corrected chi connectivity index (χ4v) is 3.55. The Morgan fingerprint density at radius 3 is 2.27 bits per heavy atom. The monoisotopic (exact) mass is 444 g/mol. The molecule has 0 unspecified atom stereocenters. The Morgan fingerprint density at radius 2 is 1.64 bits per heavy atom. The van der Waals surface area contributed by atoms with Gasteiger partial charge in [0.15, 0.2) is 5.82 Å². The van der Waals surface area contributed by atoms with Gasteiger partial charge in [-0.1, -0.05) is 12.1 Å². The SMILES string of the molecule is CN(C)CCc1ccc(NC(=O)c2ccc(NC(=O)C3CN(c4cccnn4)C3)cc2)cc1. The van der Waals surface area contributed by atoms with E-state index >= 15 is 0 Å². The molecule has 1 aliphatic rings. The van der Waals surface area contributed by atoms with Crippen LogP contribution in [0, 0.1) is 5.92 Å². The average Bonchev–Trinajstić information content (AvgIpc) is 2.79. The summed E-state index contributed by atoms with van der Waals surface area (Å²) in [6.45, 7) is 2.20. The molecule has 0 radical (unpaired) electrons. The molecule has 2 heterocycles. The van der Waals surface area contributed by atoms with Gasteiger partial charge in [-0.2, -0.15) is 5.10 Å². The normalized spacial score (nSPS) is 13.5. The number of nitrogens with one attached hydrogen (secondary N) is 2. The topological polar surface area (TPSA) is 90.5 Å². The predicted molar refractivity (Wildman–Crippen MR) is 129 cm³/mol. The van der Waals surface area contributed by atoms with Crippen LogP contribution in [0.25, 0.3) is 0 Å². The molecule has 2 aromatic carbocycles. The van der Waals surface area contributed by atoms with E-state index in [2.05, 4.69) is 25.7 Å². The molecule has 1 fully saturated rings. The number of carbonyl (C=O) groups is 2. The van der Waals surface area contributed by atoms with Crippen molar-refractivity contribution in [2.24, 2.45) is 5.92 Å². The minimum absolute atomic E-state index is 0.0401. The fourth-order valence-electron chi connectivity index (χ4n) is 3.55. The average molecular weight is 445 g/mol. The third-order valence-electron chi connectivity index (χ3n) is 5.61. The van der Waals surface area contributed by atoms with Crippen molar-refractivity contribution in [2.75, 3.05) is 49.3 Å². The van der Waals surface area contributed by atoms with Crippen molar-refractivity contribution in [1.29, 1.82) is 0 Å². The number of hydrogen-bond acceptors (Lipinski definition) is 6. The summed E-state index contributed by atoms with van der Waals surface area (Å²) in [6.07, 6.45) is 2.59. The van der Waals surface area contributed by atoms with Gasteiger partial charge in [0.05, 0.1) is 5.92 Å². The van der Waals surface area contributed by atoms with Crippen LogP contribution >= 0.6 is 0 Å². The Bertz CT molecular complexity index is 1080. The van der Waals surface area contributed by atoms with Crippen molar-refractivity contribution in [3.63, 3.8) is 0 Å². The van der Waals surface area contributed by atoms with Gasteiger partial charge in [0.2, 0.25) is 5.91 Å². The molecule has 33 heavy (non-hydrogen) atoms. The van der Waals surface area contributed by atoms with Gasteiger partial charge in [-0.15, -0.1) is 5.10 Å². The van der Waals surface area contributed by atoms with Gasteiger partial charge in [0, 0.05) is 42.8 Å². The van der Waals surface area contributed by atoms with E-state index in [4.69, 9.17) is 0 Å². The Kier molecular flexibility index (Phi) is 6.95. The molecule has 8 nitrogen and oxygen atoms in total. The van der Waals surface area contributed by atoms with Gasteiger partial charge in [-0.3, -0.25) is 9.59 Å². The molecule has 2 amide bonds. The summed E-state index contributed by atoms with van der Waals surface area (Å²) >= 11 is 0. The second-order valence-electron chi connectivity index (χ2n) is 8.45. The third-order valence-corrected chi connectivity index (χ3v) is 5.61. The van der Waals surface area contributed by atoms with Crippen LogP contribution in [-0.4, -0.2) is 60.6 Å². The molecule has 1 saturated heterocycles. The van der Waals surface area contributed by atoms with E-state index in [-0.39, 0.29) is 17.7 Å². The highest BCUT2D eigenvalue weighted by Gasteiger charge is 2.33. The van der Waals surface area contributed by atoms with Crippen LogP contribution < -0.4 is 15.5 Å². The Balaban J connectivity index is 1.26. The number of carbonyl (C=O) groups excluding carboxylic acids is 2. The first-order valence-corrected chi connectivity index (χ1v) is 11.0. The lowest BCUT2D eigenvalue weighted by atomic mass is 9.99. The number of hydrogen-bond donors (Lipinski definition) is 2. The highest BCUT2D eigenvalue weighted by Crippen LogP contribution is 2.23. The molecule has 0 atom stereocenters. The molecular weight excluding hydrogens is 416 g/mol. The maximum atomic E-state index is 12.6. The van der Waals surface area contributed by atoms with Crippen molar-refractivity contribution in [3.05, 3.63) is 78.0 Å². The number of likely N-dealkylation sites (N-methyl/N-ethyl adjacent to an activating group) is 1. The molecule has 8 heteroatoms. The lowest BCUT2D eigenvalue weighted by molar-refractivity contribution is -0.120. The van der Waals surface area contributed by atoms with Gasteiger partial charge in [0.1, 0.15) is 0 Å².